The lowest BCUT2D eigenvalue weighted by Crippen LogP contribution is -2.42. The van der Waals surface area contributed by atoms with E-state index >= 15 is 0 Å². The van der Waals surface area contributed by atoms with Gasteiger partial charge >= 0.3 is 0 Å². The van der Waals surface area contributed by atoms with E-state index in [9.17, 15) is 18.3 Å². The molecule has 156 valence electrons. The third-order valence-corrected chi connectivity index (χ3v) is 6.90. The molecule has 1 heterocycles. The summed E-state index contributed by atoms with van der Waals surface area (Å²) in [7, 11) is -3.03. The average Bonchev–Trinajstić information content (AvgIpc) is 3.07. The number of aryl methyl sites for hydroxylation is 1. The molecule has 1 aliphatic rings. The molecule has 1 fully saturated rings. The number of sulfone groups is 1. The van der Waals surface area contributed by atoms with Crippen LogP contribution in [0, 0.1) is 6.92 Å². The van der Waals surface area contributed by atoms with E-state index in [0.29, 0.717) is 24.3 Å². The van der Waals surface area contributed by atoms with Crippen molar-refractivity contribution in [1.82, 2.24) is 4.90 Å². The summed E-state index contributed by atoms with van der Waals surface area (Å²) in [5.74, 6) is 0.719. The number of benzene rings is 2. The molecule has 0 saturated carbocycles. The lowest BCUT2D eigenvalue weighted by Gasteiger charge is -2.30. The highest BCUT2D eigenvalue weighted by atomic mass is 32.2. The number of nitrogens with zero attached hydrogens (tertiary/aromatic N) is 1. The molecule has 2 aromatic carbocycles. The van der Waals surface area contributed by atoms with Crippen molar-refractivity contribution in [2.24, 2.45) is 0 Å². The molecule has 1 saturated heterocycles. The van der Waals surface area contributed by atoms with Crippen LogP contribution in [-0.2, 0) is 16.4 Å². The van der Waals surface area contributed by atoms with E-state index < -0.39 is 15.9 Å². The van der Waals surface area contributed by atoms with E-state index in [1.165, 1.54) is 0 Å². The predicted octanol–water partition coefficient (Wildman–Crippen LogP) is 2.24. The Bertz CT molecular complexity index is 926. The molecule has 0 aliphatic carbocycles. The van der Waals surface area contributed by atoms with Crippen LogP contribution < -0.4 is 4.74 Å². The Morgan fingerprint density at radius 1 is 1.21 bits per heavy atom. The smallest absolute Gasteiger partial charge is 0.153 e. The molecule has 0 radical (unpaired) electrons. The quantitative estimate of drug-likeness (QED) is 0.630. The summed E-state index contributed by atoms with van der Waals surface area (Å²) in [5, 5.41) is 10.6. The number of hydrogen-bond acceptors (Lipinski definition) is 6. The molecule has 29 heavy (non-hydrogen) atoms. The van der Waals surface area contributed by atoms with Crippen molar-refractivity contribution in [2.45, 2.75) is 32.0 Å². The van der Waals surface area contributed by atoms with Crippen molar-refractivity contribution >= 4 is 16.1 Å². The largest absolute Gasteiger partial charge is 0.490 e. The van der Waals surface area contributed by atoms with Crippen LogP contribution in [0.3, 0.4) is 0 Å². The fourth-order valence-corrected chi connectivity index (χ4v) is 5.31. The van der Waals surface area contributed by atoms with Crippen molar-refractivity contribution in [3.8, 4) is 5.75 Å². The zero-order valence-electron chi connectivity index (χ0n) is 16.5. The summed E-state index contributed by atoms with van der Waals surface area (Å²) in [6.07, 6.45) is 0.466. The van der Waals surface area contributed by atoms with Crippen LogP contribution in [-0.4, -0.2) is 61.5 Å². The van der Waals surface area contributed by atoms with E-state index in [2.05, 4.69) is 0 Å². The summed E-state index contributed by atoms with van der Waals surface area (Å²) in [5.41, 5.74) is 2.66. The molecule has 1 N–H and O–H groups in total. The van der Waals surface area contributed by atoms with Gasteiger partial charge in [-0.15, -0.1) is 0 Å². The number of carbonyl (C=O) groups is 1. The fourth-order valence-electron chi connectivity index (χ4n) is 3.55. The number of rotatable bonds is 9. The van der Waals surface area contributed by atoms with Gasteiger partial charge in [-0.1, -0.05) is 42.0 Å². The van der Waals surface area contributed by atoms with Crippen molar-refractivity contribution in [2.75, 3.05) is 24.7 Å². The number of hydrogen-bond donors (Lipinski definition) is 1. The maximum Gasteiger partial charge on any atom is 0.153 e. The molecule has 2 atom stereocenters. The highest BCUT2D eigenvalue weighted by Crippen LogP contribution is 2.21. The van der Waals surface area contributed by atoms with Gasteiger partial charge in [-0.2, -0.15) is 0 Å². The highest BCUT2D eigenvalue weighted by Gasteiger charge is 2.33. The third-order valence-electron chi connectivity index (χ3n) is 5.15. The summed E-state index contributed by atoms with van der Waals surface area (Å²) in [6, 6.07) is 14.8. The second kappa shape index (κ2) is 9.52. The second-order valence-electron chi connectivity index (χ2n) is 7.59. The van der Waals surface area contributed by atoms with E-state index in [4.69, 9.17) is 4.74 Å². The zero-order valence-corrected chi connectivity index (χ0v) is 17.3. The van der Waals surface area contributed by atoms with Crippen LogP contribution in [0.1, 0.15) is 27.9 Å². The van der Waals surface area contributed by atoms with Crippen molar-refractivity contribution in [1.29, 1.82) is 0 Å². The van der Waals surface area contributed by atoms with Gasteiger partial charge in [-0.3, -0.25) is 9.69 Å². The molecule has 0 bridgehead atoms. The molecule has 2 aromatic rings. The number of carbonyl (C=O) groups excluding carboxylic acids is 1. The van der Waals surface area contributed by atoms with Gasteiger partial charge in [-0.25, -0.2) is 8.42 Å². The molecule has 7 heteroatoms. The normalized spacial score (nSPS) is 19.2. The Hall–Kier alpha value is -2.22. The van der Waals surface area contributed by atoms with Gasteiger partial charge in [-0.05, 0) is 31.0 Å². The zero-order chi connectivity index (χ0) is 20.9. The van der Waals surface area contributed by atoms with Crippen molar-refractivity contribution < 1.29 is 23.1 Å². The fraction of sp³-hybridized carbons (Fsp3) is 0.409. The Labute approximate surface area is 172 Å². The monoisotopic (exact) mass is 417 g/mol. The van der Waals surface area contributed by atoms with Crippen LogP contribution in [0.15, 0.2) is 48.5 Å². The van der Waals surface area contributed by atoms with Gasteiger partial charge in [0.05, 0.1) is 17.1 Å². The summed E-state index contributed by atoms with van der Waals surface area (Å²) in [4.78, 5) is 13.1. The SMILES string of the molecule is Cc1ccc(CN(CC(O)COc2ccccc2C=O)C2CCS(=O)(=O)C2)cc1. The second-order valence-corrected chi connectivity index (χ2v) is 9.82. The summed E-state index contributed by atoms with van der Waals surface area (Å²) < 4.78 is 29.6. The minimum atomic E-state index is -3.03. The van der Waals surface area contributed by atoms with Crippen LogP contribution in [0.25, 0.3) is 0 Å². The van der Waals surface area contributed by atoms with Gasteiger partial charge in [0.2, 0.25) is 0 Å². The van der Waals surface area contributed by atoms with E-state index in [-0.39, 0.29) is 30.7 Å². The molecular formula is C22H27NO5S. The predicted molar refractivity (Wildman–Crippen MR) is 112 cm³/mol. The van der Waals surface area contributed by atoms with Crippen LogP contribution in [0.4, 0.5) is 0 Å². The lowest BCUT2D eigenvalue weighted by atomic mass is 10.1. The number of ether oxygens (including phenoxy) is 1. The molecule has 3 rings (SSSR count). The highest BCUT2D eigenvalue weighted by molar-refractivity contribution is 7.91. The minimum Gasteiger partial charge on any atom is -0.490 e. The minimum absolute atomic E-state index is 0.0225. The molecular weight excluding hydrogens is 390 g/mol. The van der Waals surface area contributed by atoms with Crippen LogP contribution in [0.5, 0.6) is 5.75 Å². The summed E-state index contributed by atoms with van der Waals surface area (Å²) in [6.45, 7) is 2.89. The first-order valence-electron chi connectivity index (χ1n) is 9.71. The average molecular weight is 418 g/mol. The maximum atomic E-state index is 12.0. The first-order valence-corrected chi connectivity index (χ1v) is 11.5. The first kappa shape index (κ1) is 21.5. The van der Waals surface area contributed by atoms with Gasteiger partial charge in [0.25, 0.3) is 0 Å². The summed E-state index contributed by atoms with van der Waals surface area (Å²) >= 11 is 0. The van der Waals surface area contributed by atoms with Crippen LogP contribution >= 0.6 is 0 Å². The molecule has 6 nitrogen and oxygen atoms in total. The van der Waals surface area contributed by atoms with Gasteiger partial charge in [0.15, 0.2) is 16.1 Å². The molecule has 0 aromatic heterocycles. The van der Waals surface area contributed by atoms with Crippen molar-refractivity contribution in [3.63, 3.8) is 0 Å². The maximum absolute atomic E-state index is 12.0. The van der Waals surface area contributed by atoms with Gasteiger partial charge in [0.1, 0.15) is 18.5 Å². The van der Waals surface area contributed by atoms with E-state index in [1.807, 2.05) is 36.1 Å². The molecule has 0 spiro atoms. The molecule has 2 unspecified atom stereocenters. The lowest BCUT2D eigenvalue weighted by molar-refractivity contribution is 0.0522. The topological polar surface area (TPSA) is 83.9 Å². The standard InChI is InChI=1S/C22H27NO5S/c1-17-6-8-18(9-7-17)12-23(20-10-11-29(26,27)16-20)13-21(25)15-28-22-5-3-2-4-19(22)14-24/h2-9,14,20-21,25H,10-13,15-16H2,1H3. The van der Waals surface area contributed by atoms with E-state index in [1.54, 1.807) is 24.3 Å². The Kier molecular flexibility index (Phi) is 7.05. The Morgan fingerprint density at radius 2 is 1.93 bits per heavy atom. The number of aliphatic hydroxyl groups excluding tert-OH is 1. The first-order chi connectivity index (χ1) is 13.9. The number of para-hydroxylation sites is 1. The van der Waals surface area contributed by atoms with E-state index in [0.717, 1.165) is 17.4 Å². The van der Waals surface area contributed by atoms with Gasteiger partial charge in [0, 0.05) is 19.1 Å². The van der Waals surface area contributed by atoms with Crippen LogP contribution in [0.2, 0.25) is 0 Å². The van der Waals surface area contributed by atoms with Crippen molar-refractivity contribution in [3.05, 3.63) is 65.2 Å². The Morgan fingerprint density at radius 3 is 2.59 bits per heavy atom. The molecule has 1 aliphatic heterocycles. The number of aldehydes is 1. The van der Waals surface area contributed by atoms with Gasteiger partial charge < -0.3 is 9.84 Å². The molecule has 0 amide bonds. The Balaban J connectivity index is 1.66. The third kappa shape index (κ3) is 6.13. The number of aliphatic hydroxyl groups is 1.